The van der Waals surface area contributed by atoms with Gasteiger partial charge in [0, 0.05) is 12.6 Å². The number of benzene rings is 1. The second-order valence-corrected chi connectivity index (χ2v) is 5.81. The molecule has 1 atom stereocenters. The van der Waals surface area contributed by atoms with Crippen molar-refractivity contribution in [2.45, 2.75) is 23.8 Å². The van der Waals surface area contributed by atoms with Crippen LogP contribution in [0.3, 0.4) is 0 Å². The second kappa shape index (κ2) is 5.21. The number of hydrogen-bond donors (Lipinski definition) is 2. The van der Waals surface area contributed by atoms with Gasteiger partial charge in [-0.3, -0.25) is 0 Å². The molecule has 1 heterocycles. The first kappa shape index (κ1) is 13.3. The maximum Gasteiger partial charge on any atom is 0.238 e. The third kappa shape index (κ3) is 3.18. The summed E-state index contributed by atoms with van der Waals surface area (Å²) in [5.74, 6) is -0.632. The van der Waals surface area contributed by atoms with Gasteiger partial charge in [-0.2, -0.15) is 0 Å². The summed E-state index contributed by atoms with van der Waals surface area (Å²) in [4.78, 5) is -0.231. The molecule has 1 aromatic carbocycles. The van der Waals surface area contributed by atoms with Gasteiger partial charge in [0.15, 0.2) is 0 Å². The predicted octanol–water partition coefficient (Wildman–Crippen LogP) is 1.06. The number of primary sulfonamides is 1. The molecule has 0 amide bonds. The molecular formula is C11H15FN2O3S. The van der Waals surface area contributed by atoms with Crippen LogP contribution in [0.4, 0.5) is 10.1 Å². The van der Waals surface area contributed by atoms with Crippen molar-refractivity contribution >= 4 is 15.7 Å². The zero-order valence-corrected chi connectivity index (χ0v) is 10.5. The molecule has 1 saturated heterocycles. The zero-order valence-electron chi connectivity index (χ0n) is 9.73. The highest BCUT2D eigenvalue weighted by Crippen LogP contribution is 2.20. The van der Waals surface area contributed by atoms with Crippen LogP contribution in [0.25, 0.3) is 0 Å². The average molecular weight is 274 g/mol. The highest BCUT2D eigenvalue weighted by molar-refractivity contribution is 7.89. The predicted molar refractivity (Wildman–Crippen MR) is 65.2 cm³/mol. The summed E-state index contributed by atoms with van der Waals surface area (Å²) in [6, 6.07) is 3.63. The lowest BCUT2D eigenvalue weighted by molar-refractivity contribution is 0.0875. The minimum Gasteiger partial charge on any atom is -0.379 e. The summed E-state index contributed by atoms with van der Waals surface area (Å²) in [6.07, 6.45) is 1.82. The van der Waals surface area contributed by atoms with Gasteiger partial charge in [-0.15, -0.1) is 0 Å². The van der Waals surface area contributed by atoms with Crippen LogP contribution in [-0.2, 0) is 14.8 Å². The van der Waals surface area contributed by atoms with Crippen LogP contribution < -0.4 is 10.5 Å². The highest BCUT2D eigenvalue weighted by Gasteiger charge is 2.16. The quantitative estimate of drug-likeness (QED) is 0.863. The first-order chi connectivity index (χ1) is 8.47. The molecule has 18 heavy (non-hydrogen) atoms. The van der Waals surface area contributed by atoms with Crippen molar-refractivity contribution in [3.63, 3.8) is 0 Å². The number of halogens is 1. The van der Waals surface area contributed by atoms with E-state index in [4.69, 9.17) is 9.88 Å². The second-order valence-electron chi connectivity index (χ2n) is 4.25. The van der Waals surface area contributed by atoms with Gasteiger partial charge in [0.2, 0.25) is 10.0 Å². The van der Waals surface area contributed by atoms with Crippen LogP contribution in [0.15, 0.2) is 23.1 Å². The molecule has 0 radical (unpaired) electrons. The van der Waals surface area contributed by atoms with Crippen molar-refractivity contribution in [3.8, 4) is 0 Å². The Balaban J connectivity index is 2.14. The lowest BCUT2D eigenvalue weighted by atomic mass is 10.1. The van der Waals surface area contributed by atoms with Crippen LogP contribution in [0.5, 0.6) is 0 Å². The van der Waals surface area contributed by atoms with E-state index in [1.165, 1.54) is 12.1 Å². The van der Waals surface area contributed by atoms with E-state index in [2.05, 4.69) is 5.32 Å². The molecular weight excluding hydrogens is 259 g/mol. The Morgan fingerprint density at radius 1 is 1.44 bits per heavy atom. The average Bonchev–Trinajstić information content (AvgIpc) is 2.32. The summed E-state index contributed by atoms with van der Waals surface area (Å²) < 4.78 is 41.1. The first-order valence-corrected chi connectivity index (χ1v) is 7.18. The fourth-order valence-electron chi connectivity index (χ4n) is 1.86. The molecule has 5 nitrogen and oxygen atoms in total. The Bertz CT molecular complexity index is 527. The van der Waals surface area contributed by atoms with E-state index < -0.39 is 15.8 Å². The van der Waals surface area contributed by atoms with Crippen LogP contribution in [0.1, 0.15) is 12.8 Å². The van der Waals surface area contributed by atoms with Crippen LogP contribution in [0, 0.1) is 5.82 Å². The molecule has 0 aliphatic carbocycles. The van der Waals surface area contributed by atoms with Crippen molar-refractivity contribution < 1.29 is 17.5 Å². The topological polar surface area (TPSA) is 81.4 Å². The number of nitrogens with two attached hydrogens (primary N) is 1. The number of sulfonamides is 1. The SMILES string of the molecule is NS(=O)(=O)c1ccc(NC2CCCOC2)c(F)c1. The van der Waals surface area contributed by atoms with Gasteiger partial charge in [-0.1, -0.05) is 0 Å². The fraction of sp³-hybridized carbons (Fsp3) is 0.455. The minimum atomic E-state index is -3.87. The zero-order chi connectivity index (χ0) is 13.2. The van der Waals surface area contributed by atoms with Gasteiger partial charge >= 0.3 is 0 Å². The van der Waals surface area contributed by atoms with Crippen molar-refractivity contribution in [2.24, 2.45) is 5.14 Å². The smallest absolute Gasteiger partial charge is 0.238 e. The molecule has 1 aliphatic rings. The largest absolute Gasteiger partial charge is 0.379 e. The standard InChI is InChI=1S/C11H15FN2O3S/c12-10-6-9(18(13,15)16)3-4-11(10)14-8-2-1-5-17-7-8/h3-4,6,8,14H,1-2,5,7H2,(H2,13,15,16). The molecule has 0 aromatic heterocycles. The molecule has 1 aliphatic heterocycles. The Kier molecular flexibility index (Phi) is 3.84. The summed E-state index contributed by atoms with van der Waals surface area (Å²) in [5, 5.41) is 7.92. The lowest BCUT2D eigenvalue weighted by Gasteiger charge is -2.24. The Labute approximate surface area is 105 Å². The summed E-state index contributed by atoms with van der Waals surface area (Å²) in [5.41, 5.74) is 0.262. The van der Waals surface area contributed by atoms with E-state index in [1.807, 2.05) is 0 Å². The fourth-order valence-corrected chi connectivity index (χ4v) is 2.39. The van der Waals surface area contributed by atoms with Gasteiger partial charge in [0.05, 0.1) is 17.2 Å². The van der Waals surface area contributed by atoms with E-state index in [1.54, 1.807) is 0 Å². The third-order valence-electron chi connectivity index (χ3n) is 2.79. The number of rotatable bonds is 3. The molecule has 1 fully saturated rings. The molecule has 7 heteroatoms. The van der Waals surface area contributed by atoms with E-state index >= 15 is 0 Å². The Hall–Kier alpha value is -1.18. The molecule has 0 saturated carbocycles. The maximum atomic E-state index is 13.7. The molecule has 1 unspecified atom stereocenters. The van der Waals surface area contributed by atoms with Crippen molar-refractivity contribution in [1.29, 1.82) is 0 Å². The molecule has 3 N–H and O–H groups in total. The summed E-state index contributed by atoms with van der Waals surface area (Å²) in [7, 11) is -3.87. The van der Waals surface area contributed by atoms with E-state index in [-0.39, 0.29) is 16.6 Å². The summed E-state index contributed by atoms with van der Waals surface area (Å²) in [6.45, 7) is 1.25. The van der Waals surface area contributed by atoms with Crippen molar-refractivity contribution in [2.75, 3.05) is 18.5 Å². The Morgan fingerprint density at radius 2 is 2.22 bits per heavy atom. The van der Waals surface area contributed by atoms with Crippen LogP contribution in [0.2, 0.25) is 0 Å². The van der Waals surface area contributed by atoms with E-state index in [0.29, 0.717) is 6.61 Å². The normalized spacial score (nSPS) is 20.7. The van der Waals surface area contributed by atoms with Crippen molar-refractivity contribution in [1.82, 2.24) is 0 Å². The molecule has 0 bridgehead atoms. The number of ether oxygens (including phenoxy) is 1. The first-order valence-electron chi connectivity index (χ1n) is 5.63. The monoisotopic (exact) mass is 274 g/mol. The van der Waals surface area contributed by atoms with Crippen LogP contribution >= 0.6 is 0 Å². The van der Waals surface area contributed by atoms with E-state index in [9.17, 15) is 12.8 Å². The molecule has 1 aromatic rings. The summed E-state index contributed by atoms with van der Waals surface area (Å²) >= 11 is 0. The van der Waals surface area contributed by atoms with Gasteiger partial charge in [0.1, 0.15) is 5.82 Å². The third-order valence-corrected chi connectivity index (χ3v) is 3.70. The van der Waals surface area contributed by atoms with E-state index in [0.717, 1.165) is 25.5 Å². The molecule has 0 spiro atoms. The highest BCUT2D eigenvalue weighted by atomic mass is 32.2. The Morgan fingerprint density at radius 3 is 2.78 bits per heavy atom. The minimum absolute atomic E-state index is 0.0496. The lowest BCUT2D eigenvalue weighted by Crippen LogP contribution is -2.30. The van der Waals surface area contributed by atoms with Gasteiger partial charge in [-0.25, -0.2) is 17.9 Å². The number of nitrogens with one attached hydrogen (secondary N) is 1. The van der Waals surface area contributed by atoms with Crippen LogP contribution in [-0.4, -0.2) is 27.7 Å². The number of hydrogen-bond acceptors (Lipinski definition) is 4. The maximum absolute atomic E-state index is 13.7. The van der Waals surface area contributed by atoms with Crippen molar-refractivity contribution in [3.05, 3.63) is 24.0 Å². The number of anilines is 1. The van der Waals surface area contributed by atoms with Gasteiger partial charge in [0.25, 0.3) is 0 Å². The van der Waals surface area contributed by atoms with Gasteiger partial charge in [-0.05, 0) is 31.0 Å². The van der Waals surface area contributed by atoms with Gasteiger partial charge < -0.3 is 10.1 Å². The molecule has 100 valence electrons. The molecule has 2 rings (SSSR count).